The molecule has 0 saturated heterocycles. The number of furan rings is 1. The maximum absolute atomic E-state index is 14.0. The van der Waals surface area contributed by atoms with E-state index in [1.807, 2.05) is 26.0 Å². The van der Waals surface area contributed by atoms with E-state index in [0.717, 1.165) is 48.3 Å². The molecule has 1 aromatic carbocycles. The Morgan fingerprint density at radius 1 is 1.14 bits per heavy atom. The molecule has 5 N–H and O–H groups in total. The smallest absolute Gasteiger partial charge is 0.273 e. The largest absolute Gasteiger partial charge is 0.464 e. The van der Waals surface area contributed by atoms with Crippen molar-refractivity contribution in [3.63, 3.8) is 0 Å². The van der Waals surface area contributed by atoms with Gasteiger partial charge in [0.05, 0.1) is 5.69 Å². The number of rotatable bonds is 7. The number of hydrogen-bond donors (Lipinski definition) is 3. The van der Waals surface area contributed by atoms with Gasteiger partial charge in [-0.2, -0.15) is 4.37 Å². The number of carbonyl (C=O) groups excluding carboxylic acids is 3. The average molecular weight is 496 g/mol. The van der Waals surface area contributed by atoms with E-state index in [2.05, 4.69) is 9.69 Å². The highest BCUT2D eigenvalue weighted by molar-refractivity contribution is 7.09. The van der Waals surface area contributed by atoms with Crippen LogP contribution in [0.4, 0.5) is 11.4 Å². The van der Waals surface area contributed by atoms with Crippen molar-refractivity contribution in [1.82, 2.24) is 9.69 Å². The lowest BCUT2D eigenvalue weighted by Crippen LogP contribution is -2.46. The number of nitrogens with two attached hydrogens (primary N) is 2. The number of aryl methyl sites for hydroxylation is 3. The third-order valence-corrected chi connectivity index (χ3v) is 7.08. The van der Waals surface area contributed by atoms with Crippen LogP contribution < -0.4 is 21.7 Å². The Morgan fingerprint density at radius 3 is 2.43 bits per heavy atom. The number of nitrogens with one attached hydrogen (secondary N) is 1. The van der Waals surface area contributed by atoms with Gasteiger partial charge in [0.1, 0.15) is 16.4 Å². The molecule has 1 unspecified atom stereocenters. The molecule has 0 aliphatic heterocycles. The zero-order valence-electron chi connectivity index (χ0n) is 20.0. The standard InChI is InChI=1S/C25H29N5O4S/c1-13-8-10-17(14(2)12-13)30(25(33)22-19(26)20(23(27)31)29-35-22)21(18-11-9-15(3)34-18)24(32)28-16-6-4-5-7-16/h8-12,16,21H,4-7,26H2,1-3H3,(H2,27,31)(H,28,32). The van der Waals surface area contributed by atoms with Gasteiger partial charge < -0.3 is 21.2 Å². The van der Waals surface area contributed by atoms with Crippen molar-refractivity contribution in [2.75, 3.05) is 10.6 Å². The summed E-state index contributed by atoms with van der Waals surface area (Å²) in [6.07, 6.45) is 3.86. The van der Waals surface area contributed by atoms with E-state index in [0.29, 0.717) is 17.2 Å². The summed E-state index contributed by atoms with van der Waals surface area (Å²) in [5.74, 6) is -0.810. The number of anilines is 2. The van der Waals surface area contributed by atoms with Crippen LogP contribution in [-0.4, -0.2) is 28.1 Å². The molecule has 1 saturated carbocycles. The number of amides is 3. The summed E-state index contributed by atoms with van der Waals surface area (Å²) < 4.78 is 9.87. The van der Waals surface area contributed by atoms with Crippen molar-refractivity contribution < 1.29 is 18.8 Å². The van der Waals surface area contributed by atoms with E-state index in [9.17, 15) is 14.4 Å². The lowest BCUT2D eigenvalue weighted by molar-refractivity contribution is -0.123. The van der Waals surface area contributed by atoms with Gasteiger partial charge in [-0.3, -0.25) is 19.3 Å². The molecule has 2 aromatic heterocycles. The van der Waals surface area contributed by atoms with Crippen LogP contribution in [0, 0.1) is 20.8 Å². The maximum atomic E-state index is 14.0. The van der Waals surface area contributed by atoms with E-state index in [1.54, 1.807) is 25.1 Å². The van der Waals surface area contributed by atoms with Gasteiger partial charge in [0.25, 0.3) is 17.7 Å². The van der Waals surface area contributed by atoms with Gasteiger partial charge in [-0.15, -0.1) is 0 Å². The highest BCUT2D eigenvalue weighted by Gasteiger charge is 2.39. The molecule has 0 radical (unpaired) electrons. The second kappa shape index (κ2) is 9.91. The molecule has 1 aliphatic rings. The van der Waals surface area contributed by atoms with Crippen molar-refractivity contribution in [3.8, 4) is 0 Å². The second-order valence-corrected chi connectivity index (χ2v) is 9.72. The predicted octanol–water partition coefficient (Wildman–Crippen LogP) is 3.79. The first-order chi connectivity index (χ1) is 16.7. The number of primary amides is 1. The predicted molar refractivity (Wildman–Crippen MR) is 134 cm³/mol. The fourth-order valence-corrected chi connectivity index (χ4v) is 5.25. The monoisotopic (exact) mass is 495 g/mol. The Morgan fingerprint density at radius 2 is 1.86 bits per heavy atom. The van der Waals surface area contributed by atoms with Gasteiger partial charge in [0.2, 0.25) is 0 Å². The normalized spacial score (nSPS) is 14.6. The third kappa shape index (κ3) is 4.93. The molecule has 1 aliphatic carbocycles. The first-order valence-corrected chi connectivity index (χ1v) is 12.3. The van der Waals surface area contributed by atoms with Crippen LogP contribution >= 0.6 is 11.5 Å². The van der Waals surface area contributed by atoms with E-state index in [4.69, 9.17) is 15.9 Å². The number of hydrogen-bond acceptors (Lipinski definition) is 7. The van der Waals surface area contributed by atoms with Crippen LogP contribution in [0.5, 0.6) is 0 Å². The summed E-state index contributed by atoms with van der Waals surface area (Å²) in [7, 11) is 0. The van der Waals surface area contributed by atoms with Crippen molar-refractivity contribution in [2.24, 2.45) is 5.73 Å². The molecule has 10 heteroatoms. The van der Waals surface area contributed by atoms with Gasteiger partial charge in [-0.05, 0) is 68.9 Å². The molecule has 0 spiro atoms. The molecule has 3 aromatic rings. The topological polar surface area (TPSA) is 145 Å². The zero-order valence-corrected chi connectivity index (χ0v) is 20.8. The molecular formula is C25H29N5O4S. The second-order valence-electron chi connectivity index (χ2n) is 8.94. The fourth-order valence-electron chi connectivity index (χ4n) is 4.50. The highest BCUT2D eigenvalue weighted by Crippen LogP contribution is 2.36. The molecule has 3 amide bonds. The van der Waals surface area contributed by atoms with Crippen LogP contribution in [0.1, 0.15) is 74.5 Å². The first-order valence-electron chi connectivity index (χ1n) is 11.5. The van der Waals surface area contributed by atoms with Crippen LogP contribution in [0.2, 0.25) is 0 Å². The molecule has 1 atom stereocenters. The Bertz CT molecular complexity index is 1270. The summed E-state index contributed by atoms with van der Waals surface area (Å²) in [4.78, 5) is 40.9. The molecule has 2 heterocycles. The molecule has 0 bridgehead atoms. The summed E-state index contributed by atoms with van der Waals surface area (Å²) in [6, 6.07) is 7.97. The Hall–Kier alpha value is -3.66. The minimum Gasteiger partial charge on any atom is -0.464 e. The summed E-state index contributed by atoms with van der Waals surface area (Å²) in [5.41, 5.74) is 13.5. The Kier molecular flexibility index (Phi) is 6.93. The van der Waals surface area contributed by atoms with Gasteiger partial charge >= 0.3 is 0 Å². The minimum absolute atomic E-state index is 0.0284. The number of benzene rings is 1. The average Bonchev–Trinajstić information content (AvgIpc) is 3.54. The molecular weight excluding hydrogens is 466 g/mol. The van der Waals surface area contributed by atoms with Crippen LogP contribution in [0.3, 0.4) is 0 Å². The first kappa shape index (κ1) is 24.5. The highest BCUT2D eigenvalue weighted by atomic mass is 32.1. The van der Waals surface area contributed by atoms with Gasteiger partial charge in [-0.25, -0.2) is 0 Å². The van der Waals surface area contributed by atoms with Crippen molar-refractivity contribution in [3.05, 3.63) is 63.6 Å². The van der Waals surface area contributed by atoms with E-state index >= 15 is 0 Å². The van der Waals surface area contributed by atoms with Gasteiger partial charge in [0, 0.05) is 11.7 Å². The summed E-state index contributed by atoms with van der Waals surface area (Å²) in [5, 5.41) is 3.10. The van der Waals surface area contributed by atoms with E-state index in [-0.39, 0.29) is 28.2 Å². The van der Waals surface area contributed by atoms with Crippen LogP contribution in [-0.2, 0) is 4.79 Å². The zero-order chi connectivity index (χ0) is 25.3. The van der Waals surface area contributed by atoms with Crippen molar-refractivity contribution in [2.45, 2.75) is 58.5 Å². The Labute approximate surface area is 207 Å². The number of aromatic nitrogens is 1. The van der Waals surface area contributed by atoms with Crippen molar-refractivity contribution in [1.29, 1.82) is 0 Å². The van der Waals surface area contributed by atoms with Gasteiger partial charge in [0.15, 0.2) is 11.7 Å². The van der Waals surface area contributed by atoms with Crippen LogP contribution in [0.25, 0.3) is 0 Å². The van der Waals surface area contributed by atoms with Gasteiger partial charge in [-0.1, -0.05) is 30.5 Å². The molecule has 184 valence electrons. The SMILES string of the molecule is Cc1ccc(N(C(=O)c2snc(C(N)=O)c2N)C(C(=O)NC2CCCC2)c2ccc(C)o2)c(C)c1. The van der Waals surface area contributed by atoms with E-state index < -0.39 is 17.9 Å². The molecule has 35 heavy (non-hydrogen) atoms. The fraction of sp³-hybridized carbons (Fsp3) is 0.360. The molecule has 9 nitrogen and oxygen atoms in total. The number of nitrogens with zero attached hydrogens (tertiary/aromatic N) is 2. The summed E-state index contributed by atoms with van der Waals surface area (Å²) in [6.45, 7) is 5.59. The lowest BCUT2D eigenvalue weighted by Gasteiger charge is -2.31. The minimum atomic E-state index is -1.10. The lowest BCUT2D eigenvalue weighted by atomic mass is 10.0. The Balaban J connectivity index is 1.87. The quantitative estimate of drug-likeness (QED) is 0.455. The van der Waals surface area contributed by atoms with Crippen molar-refractivity contribution >= 4 is 40.6 Å². The molecule has 1 fully saturated rings. The maximum Gasteiger partial charge on any atom is 0.273 e. The number of nitrogen functional groups attached to an aromatic ring is 1. The molecule has 4 rings (SSSR count). The number of carbonyl (C=O) groups is 3. The summed E-state index contributed by atoms with van der Waals surface area (Å²) >= 11 is 0.778. The third-order valence-electron chi connectivity index (χ3n) is 6.22. The van der Waals surface area contributed by atoms with E-state index in [1.165, 1.54) is 4.90 Å². The van der Waals surface area contributed by atoms with Crippen LogP contribution in [0.15, 0.2) is 34.7 Å².